The van der Waals surface area contributed by atoms with E-state index >= 15 is 0 Å². The van der Waals surface area contributed by atoms with Crippen molar-refractivity contribution in [3.05, 3.63) is 77.4 Å². The lowest BCUT2D eigenvalue weighted by molar-refractivity contribution is -0.274. The van der Waals surface area contributed by atoms with Crippen LogP contribution in [0.5, 0.6) is 17.2 Å². The molecule has 8 heteroatoms. The van der Waals surface area contributed by atoms with Crippen molar-refractivity contribution >= 4 is 5.78 Å². The molecule has 0 radical (unpaired) electrons. The van der Waals surface area contributed by atoms with Crippen LogP contribution in [0.2, 0.25) is 0 Å². The molecule has 0 spiro atoms. The molecular weight excluding hydrogens is 447 g/mol. The highest BCUT2D eigenvalue weighted by molar-refractivity contribution is 5.95. The fourth-order valence-electron chi connectivity index (χ4n) is 4.47. The van der Waals surface area contributed by atoms with Gasteiger partial charge in [-0.3, -0.25) is 4.79 Å². The van der Waals surface area contributed by atoms with E-state index in [0.29, 0.717) is 41.0 Å². The molecule has 1 heterocycles. The molecule has 3 aromatic carbocycles. The lowest BCUT2D eigenvalue weighted by atomic mass is 9.87. The minimum absolute atomic E-state index is 0.00825. The number of carbonyl (C=O) groups excluding carboxylic acids is 1. The van der Waals surface area contributed by atoms with Gasteiger partial charge < -0.3 is 19.9 Å². The summed E-state index contributed by atoms with van der Waals surface area (Å²) in [5.74, 6) is 0.941. The highest BCUT2D eigenvalue weighted by atomic mass is 19.4. The standard InChI is InChI=1S/C26H22F3NO4/c27-26(28,29)34-21-7-5-16(11-20(21)19-4-2-1-3-17(19)14-30)12-24(31)25(9-10-25)18-6-8-22-23(13-18)33-15-32-22/h1-8,11,13H,9-10,12,14-15,30H2. The number of hydrogen-bond acceptors (Lipinski definition) is 5. The van der Waals surface area contributed by atoms with Gasteiger partial charge in [0.1, 0.15) is 11.5 Å². The van der Waals surface area contributed by atoms with Crippen LogP contribution in [0.4, 0.5) is 13.2 Å². The molecule has 0 atom stereocenters. The second-order valence-electron chi connectivity index (χ2n) is 8.49. The predicted molar refractivity (Wildman–Crippen MR) is 119 cm³/mol. The average molecular weight is 469 g/mol. The number of hydrogen-bond donors (Lipinski definition) is 1. The zero-order chi connectivity index (χ0) is 23.9. The lowest BCUT2D eigenvalue weighted by Crippen LogP contribution is -2.22. The van der Waals surface area contributed by atoms with Gasteiger partial charge in [-0.15, -0.1) is 13.2 Å². The maximum Gasteiger partial charge on any atom is 0.573 e. The summed E-state index contributed by atoms with van der Waals surface area (Å²) < 4.78 is 54.3. The van der Waals surface area contributed by atoms with Crippen LogP contribution in [0.25, 0.3) is 11.1 Å². The summed E-state index contributed by atoms with van der Waals surface area (Å²) in [6, 6.07) is 16.8. The van der Waals surface area contributed by atoms with Crippen molar-refractivity contribution in [3.63, 3.8) is 0 Å². The average Bonchev–Trinajstić information content (AvgIpc) is 3.50. The van der Waals surface area contributed by atoms with E-state index in [1.54, 1.807) is 36.4 Å². The van der Waals surface area contributed by atoms with Crippen LogP contribution in [-0.4, -0.2) is 18.9 Å². The first kappa shape index (κ1) is 22.3. The zero-order valence-electron chi connectivity index (χ0n) is 18.2. The van der Waals surface area contributed by atoms with Crippen molar-refractivity contribution in [2.45, 2.75) is 37.6 Å². The molecule has 1 saturated carbocycles. The first-order valence-electron chi connectivity index (χ1n) is 10.9. The van der Waals surface area contributed by atoms with E-state index in [1.807, 2.05) is 12.1 Å². The Labute approximate surface area is 194 Å². The molecule has 34 heavy (non-hydrogen) atoms. The van der Waals surface area contributed by atoms with E-state index in [1.165, 1.54) is 12.1 Å². The first-order valence-corrected chi connectivity index (χ1v) is 10.9. The Morgan fingerprint density at radius 2 is 1.74 bits per heavy atom. The normalized spacial score (nSPS) is 15.8. The number of carbonyl (C=O) groups is 1. The third-order valence-corrected chi connectivity index (χ3v) is 6.37. The Balaban J connectivity index is 1.47. The maximum atomic E-state index is 13.4. The largest absolute Gasteiger partial charge is 0.573 e. The number of benzene rings is 3. The van der Waals surface area contributed by atoms with Gasteiger partial charge in [0.2, 0.25) is 6.79 Å². The van der Waals surface area contributed by atoms with Crippen molar-refractivity contribution in [2.24, 2.45) is 5.73 Å². The van der Waals surface area contributed by atoms with Gasteiger partial charge in [0.05, 0.1) is 5.41 Å². The van der Waals surface area contributed by atoms with Crippen LogP contribution >= 0.6 is 0 Å². The summed E-state index contributed by atoms with van der Waals surface area (Å²) in [5, 5.41) is 0. The molecule has 2 N–H and O–H groups in total. The number of alkyl halides is 3. The van der Waals surface area contributed by atoms with Crippen LogP contribution in [-0.2, 0) is 23.2 Å². The summed E-state index contributed by atoms with van der Waals surface area (Å²) in [6.07, 6.45) is -3.34. The third kappa shape index (κ3) is 4.21. The maximum absolute atomic E-state index is 13.4. The second-order valence-corrected chi connectivity index (χ2v) is 8.49. The quantitative estimate of drug-likeness (QED) is 0.510. The van der Waals surface area contributed by atoms with Gasteiger partial charge in [-0.25, -0.2) is 0 Å². The Hall–Kier alpha value is -3.52. The van der Waals surface area contributed by atoms with Crippen LogP contribution in [0.3, 0.4) is 0 Å². The van der Waals surface area contributed by atoms with Crippen molar-refractivity contribution in [2.75, 3.05) is 6.79 Å². The van der Waals surface area contributed by atoms with Crippen LogP contribution in [0.1, 0.15) is 29.5 Å². The number of Topliss-reactive ketones (excluding diaryl/α,β-unsaturated/α-hetero) is 1. The molecular formula is C26H22F3NO4. The number of ether oxygens (including phenoxy) is 3. The Morgan fingerprint density at radius 1 is 0.971 bits per heavy atom. The molecule has 176 valence electrons. The molecule has 1 aliphatic carbocycles. The third-order valence-electron chi connectivity index (χ3n) is 6.37. The Bertz CT molecular complexity index is 1250. The predicted octanol–water partition coefficient (Wildman–Crippen LogP) is 5.28. The van der Waals surface area contributed by atoms with Crippen LogP contribution in [0, 0.1) is 0 Å². The molecule has 0 bridgehead atoms. The minimum Gasteiger partial charge on any atom is -0.454 e. The van der Waals surface area contributed by atoms with Gasteiger partial charge in [-0.05, 0) is 59.4 Å². The van der Waals surface area contributed by atoms with Crippen LogP contribution < -0.4 is 19.9 Å². The molecule has 1 aliphatic heterocycles. The molecule has 5 nitrogen and oxygen atoms in total. The van der Waals surface area contributed by atoms with Gasteiger partial charge >= 0.3 is 6.36 Å². The van der Waals surface area contributed by atoms with Crippen molar-refractivity contribution < 1.29 is 32.2 Å². The fraction of sp³-hybridized carbons (Fsp3) is 0.269. The van der Waals surface area contributed by atoms with Gasteiger partial charge in [0, 0.05) is 18.5 Å². The van der Waals surface area contributed by atoms with E-state index in [4.69, 9.17) is 15.2 Å². The number of nitrogens with two attached hydrogens (primary N) is 1. The Morgan fingerprint density at radius 3 is 2.47 bits per heavy atom. The summed E-state index contributed by atoms with van der Waals surface area (Å²) in [4.78, 5) is 13.4. The molecule has 0 aromatic heterocycles. The topological polar surface area (TPSA) is 70.8 Å². The number of fused-ring (bicyclic) bond motifs is 1. The van der Waals surface area contributed by atoms with Gasteiger partial charge in [-0.1, -0.05) is 36.4 Å². The monoisotopic (exact) mass is 469 g/mol. The molecule has 3 aromatic rings. The number of rotatable bonds is 7. The molecule has 0 amide bonds. The molecule has 0 unspecified atom stereocenters. The fourth-order valence-corrected chi connectivity index (χ4v) is 4.47. The number of halogens is 3. The van der Waals surface area contributed by atoms with E-state index < -0.39 is 11.8 Å². The summed E-state index contributed by atoms with van der Waals surface area (Å²) in [7, 11) is 0. The molecule has 5 rings (SSSR count). The van der Waals surface area contributed by atoms with E-state index in [0.717, 1.165) is 5.56 Å². The molecule has 0 saturated heterocycles. The van der Waals surface area contributed by atoms with Crippen molar-refractivity contribution in [1.29, 1.82) is 0 Å². The summed E-state index contributed by atoms with van der Waals surface area (Å²) in [5.41, 5.74) is 8.14. The van der Waals surface area contributed by atoms with Gasteiger partial charge in [0.25, 0.3) is 0 Å². The van der Waals surface area contributed by atoms with Gasteiger partial charge in [0.15, 0.2) is 11.5 Å². The minimum atomic E-state index is -4.85. The summed E-state index contributed by atoms with van der Waals surface area (Å²) >= 11 is 0. The number of ketones is 1. The SMILES string of the molecule is NCc1ccccc1-c1cc(CC(=O)C2(c3ccc4c(c3)OCO4)CC2)ccc1OC(F)(F)F. The van der Waals surface area contributed by atoms with Gasteiger partial charge in [-0.2, -0.15) is 0 Å². The smallest absolute Gasteiger partial charge is 0.454 e. The second kappa shape index (κ2) is 8.36. The highest BCUT2D eigenvalue weighted by Crippen LogP contribution is 2.51. The van der Waals surface area contributed by atoms with Crippen molar-refractivity contribution in [3.8, 4) is 28.4 Å². The highest BCUT2D eigenvalue weighted by Gasteiger charge is 2.50. The Kier molecular flexibility index (Phi) is 5.48. The summed E-state index contributed by atoms with van der Waals surface area (Å²) in [6.45, 7) is 0.303. The van der Waals surface area contributed by atoms with Crippen LogP contribution in [0.15, 0.2) is 60.7 Å². The lowest BCUT2D eigenvalue weighted by Gasteiger charge is -2.18. The molecule has 2 aliphatic rings. The first-order chi connectivity index (χ1) is 16.3. The van der Waals surface area contributed by atoms with E-state index in [9.17, 15) is 18.0 Å². The van der Waals surface area contributed by atoms with E-state index in [2.05, 4.69) is 4.74 Å². The molecule has 1 fully saturated rings. The van der Waals surface area contributed by atoms with E-state index in [-0.39, 0.29) is 36.9 Å². The zero-order valence-corrected chi connectivity index (χ0v) is 18.2. The van der Waals surface area contributed by atoms with Crippen molar-refractivity contribution in [1.82, 2.24) is 0 Å².